The van der Waals surface area contributed by atoms with E-state index in [4.69, 9.17) is 9.47 Å². The molecule has 0 unspecified atom stereocenters. The van der Waals surface area contributed by atoms with Crippen LogP contribution in [0.1, 0.15) is 36.5 Å². The highest BCUT2D eigenvalue weighted by molar-refractivity contribution is 6.05. The summed E-state index contributed by atoms with van der Waals surface area (Å²) < 4.78 is 13.3. The maximum Gasteiger partial charge on any atom is 0.118 e. The molecule has 0 aliphatic carbocycles. The topological polar surface area (TPSA) is 26.6 Å². The summed E-state index contributed by atoms with van der Waals surface area (Å²) in [4.78, 5) is 2.25. The first-order chi connectivity index (χ1) is 17.0. The quantitative estimate of drug-likeness (QED) is 0.251. The zero-order chi connectivity index (χ0) is 24.8. The number of hydrogen-bond donors (Lipinski definition) is 0. The normalized spacial score (nSPS) is 11.1. The van der Waals surface area contributed by atoms with Crippen LogP contribution < -0.4 is 9.47 Å². The van der Waals surface area contributed by atoms with Gasteiger partial charge in [-0.2, -0.15) is 0 Å². The van der Waals surface area contributed by atoms with Crippen LogP contribution in [0.2, 0.25) is 0 Å². The van der Waals surface area contributed by atoms with E-state index in [9.17, 15) is 0 Å². The molecule has 0 aliphatic rings. The van der Waals surface area contributed by atoms with Gasteiger partial charge in [-0.1, -0.05) is 49.4 Å². The van der Waals surface area contributed by atoms with Gasteiger partial charge in [0, 0.05) is 29.2 Å². The first-order valence-corrected chi connectivity index (χ1v) is 12.3. The van der Waals surface area contributed by atoms with Crippen molar-refractivity contribution in [3.63, 3.8) is 0 Å². The molecule has 4 rings (SSSR count). The molecule has 182 valence electrons. The number of allylic oxidation sites excluding steroid dienone is 1. The fourth-order valence-corrected chi connectivity index (χ4v) is 4.76. The molecule has 0 radical (unpaired) electrons. The van der Waals surface area contributed by atoms with Crippen LogP contribution in [0.4, 0.5) is 0 Å². The van der Waals surface area contributed by atoms with Gasteiger partial charge in [0.25, 0.3) is 0 Å². The summed E-state index contributed by atoms with van der Waals surface area (Å²) in [5, 5.41) is 1.30. The molecular weight excluding hydrogens is 432 g/mol. The molecule has 4 nitrogen and oxygen atoms in total. The number of ether oxygens (including phenoxy) is 2. The molecule has 0 amide bonds. The lowest BCUT2D eigenvalue weighted by Gasteiger charge is -2.16. The molecular formula is C31H36N2O2. The van der Waals surface area contributed by atoms with Crippen molar-refractivity contribution >= 4 is 22.0 Å². The van der Waals surface area contributed by atoms with Gasteiger partial charge in [0.15, 0.2) is 0 Å². The van der Waals surface area contributed by atoms with Gasteiger partial charge in [0.2, 0.25) is 0 Å². The van der Waals surface area contributed by atoms with Crippen molar-refractivity contribution in [1.82, 2.24) is 9.47 Å². The molecule has 0 N–H and O–H groups in total. The van der Waals surface area contributed by atoms with Crippen molar-refractivity contribution in [2.24, 2.45) is 0 Å². The summed E-state index contributed by atoms with van der Waals surface area (Å²) in [6, 6.07) is 25.6. The van der Waals surface area contributed by atoms with E-state index in [1.54, 1.807) is 14.2 Å². The summed E-state index contributed by atoms with van der Waals surface area (Å²) >= 11 is 0. The minimum atomic E-state index is 0.860. The Bertz CT molecular complexity index is 1230. The Labute approximate surface area is 209 Å². The van der Waals surface area contributed by atoms with Crippen LogP contribution in [0.15, 0.2) is 79.0 Å². The molecule has 3 aromatic carbocycles. The average molecular weight is 469 g/mol. The van der Waals surface area contributed by atoms with Crippen LogP contribution in [0.25, 0.3) is 22.0 Å². The lowest BCUT2D eigenvalue weighted by atomic mass is 9.88. The molecule has 0 fully saturated rings. The maximum absolute atomic E-state index is 5.43. The molecule has 0 atom stereocenters. The zero-order valence-electron chi connectivity index (χ0n) is 21.5. The van der Waals surface area contributed by atoms with Gasteiger partial charge < -0.3 is 18.9 Å². The number of fused-ring (bicyclic) bond motifs is 1. The predicted octanol–water partition coefficient (Wildman–Crippen LogP) is 6.98. The second-order valence-electron chi connectivity index (χ2n) is 9.07. The predicted molar refractivity (Wildman–Crippen MR) is 147 cm³/mol. The number of aromatic nitrogens is 1. The van der Waals surface area contributed by atoms with E-state index >= 15 is 0 Å². The van der Waals surface area contributed by atoms with E-state index in [1.807, 2.05) is 24.3 Å². The van der Waals surface area contributed by atoms with Crippen molar-refractivity contribution in [2.45, 2.75) is 26.3 Å². The highest BCUT2D eigenvalue weighted by Gasteiger charge is 2.18. The van der Waals surface area contributed by atoms with E-state index in [-0.39, 0.29) is 0 Å². The van der Waals surface area contributed by atoms with Crippen molar-refractivity contribution in [2.75, 3.05) is 34.9 Å². The molecule has 1 heterocycles. The van der Waals surface area contributed by atoms with E-state index in [0.29, 0.717) is 0 Å². The first-order valence-electron chi connectivity index (χ1n) is 12.3. The van der Waals surface area contributed by atoms with Crippen LogP contribution >= 0.6 is 0 Å². The van der Waals surface area contributed by atoms with Crippen LogP contribution in [0.5, 0.6) is 11.5 Å². The molecule has 35 heavy (non-hydrogen) atoms. The summed E-state index contributed by atoms with van der Waals surface area (Å²) in [6.07, 6.45) is 4.38. The Kier molecular flexibility index (Phi) is 7.94. The summed E-state index contributed by atoms with van der Waals surface area (Å²) in [5.74, 6) is 1.72. The van der Waals surface area contributed by atoms with Crippen LogP contribution in [-0.2, 0) is 6.54 Å². The van der Waals surface area contributed by atoms with Crippen molar-refractivity contribution < 1.29 is 9.47 Å². The van der Waals surface area contributed by atoms with Gasteiger partial charge in [0.1, 0.15) is 11.5 Å². The largest absolute Gasteiger partial charge is 0.497 e. The second kappa shape index (κ2) is 11.3. The number of hydrogen-bond acceptors (Lipinski definition) is 3. The molecule has 0 spiro atoms. The van der Waals surface area contributed by atoms with Crippen LogP contribution in [0, 0.1) is 0 Å². The van der Waals surface area contributed by atoms with E-state index in [2.05, 4.69) is 85.2 Å². The summed E-state index contributed by atoms with van der Waals surface area (Å²) in [7, 11) is 7.68. The minimum absolute atomic E-state index is 0.860. The SMILES string of the molecule is CCC(=C(c1ccc(OC)cc1)c1ccc(OC)cc1)c1cn(CCCN(C)C)c2ccccc12. The smallest absolute Gasteiger partial charge is 0.118 e. The molecule has 0 aliphatic heterocycles. The van der Waals surface area contributed by atoms with Crippen LogP contribution in [0.3, 0.4) is 0 Å². The maximum atomic E-state index is 5.43. The number of methoxy groups -OCH3 is 2. The molecule has 1 aromatic heterocycles. The highest BCUT2D eigenvalue weighted by atomic mass is 16.5. The van der Waals surface area contributed by atoms with Gasteiger partial charge in [-0.3, -0.25) is 0 Å². The molecule has 4 heteroatoms. The fraction of sp³-hybridized carbons (Fsp3) is 0.290. The van der Waals surface area contributed by atoms with Crippen LogP contribution in [-0.4, -0.2) is 44.3 Å². The minimum Gasteiger partial charge on any atom is -0.497 e. The molecule has 4 aromatic rings. The highest BCUT2D eigenvalue weighted by Crippen LogP contribution is 2.39. The third kappa shape index (κ3) is 5.44. The lowest BCUT2D eigenvalue weighted by molar-refractivity contribution is 0.388. The second-order valence-corrected chi connectivity index (χ2v) is 9.07. The third-order valence-corrected chi connectivity index (χ3v) is 6.53. The monoisotopic (exact) mass is 468 g/mol. The van der Waals surface area contributed by atoms with Gasteiger partial charge in [-0.15, -0.1) is 0 Å². The van der Waals surface area contributed by atoms with E-state index in [1.165, 1.54) is 38.7 Å². The third-order valence-electron chi connectivity index (χ3n) is 6.53. The van der Waals surface area contributed by atoms with Gasteiger partial charge >= 0.3 is 0 Å². The lowest BCUT2D eigenvalue weighted by Crippen LogP contribution is -2.14. The van der Waals surface area contributed by atoms with E-state index in [0.717, 1.165) is 37.4 Å². The summed E-state index contributed by atoms with van der Waals surface area (Å²) in [6.45, 7) is 4.32. The standard InChI is InChI=1S/C31H36N2O2/c1-6-27(29-22-33(21-9-20-32(2)3)30-11-8-7-10-28(29)30)31(23-12-16-25(34-4)17-13-23)24-14-18-26(35-5)19-15-24/h7-8,10-19,22H,6,9,20-21H2,1-5H3. The Morgan fingerprint density at radius 2 is 1.37 bits per heavy atom. The Morgan fingerprint density at radius 3 is 1.89 bits per heavy atom. The summed E-state index contributed by atoms with van der Waals surface area (Å²) in [5.41, 5.74) is 7.53. The Balaban J connectivity index is 1.91. The number of para-hydroxylation sites is 1. The Hall–Kier alpha value is -3.50. The van der Waals surface area contributed by atoms with Crippen molar-refractivity contribution in [3.8, 4) is 11.5 Å². The fourth-order valence-electron chi connectivity index (χ4n) is 4.76. The van der Waals surface area contributed by atoms with Crippen molar-refractivity contribution in [1.29, 1.82) is 0 Å². The average Bonchev–Trinajstić information content (AvgIpc) is 3.25. The van der Waals surface area contributed by atoms with Gasteiger partial charge in [-0.25, -0.2) is 0 Å². The number of nitrogens with zero attached hydrogens (tertiary/aromatic N) is 2. The zero-order valence-corrected chi connectivity index (χ0v) is 21.5. The number of rotatable bonds is 10. The first kappa shape index (κ1) is 24.6. The molecule has 0 saturated heterocycles. The molecule has 0 saturated carbocycles. The van der Waals surface area contributed by atoms with E-state index < -0.39 is 0 Å². The number of benzene rings is 3. The van der Waals surface area contributed by atoms with Gasteiger partial charge in [-0.05, 0) is 86.1 Å². The number of aryl methyl sites for hydroxylation is 1. The van der Waals surface area contributed by atoms with Gasteiger partial charge in [0.05, 0.1) is 14.2 Å². The van der Waals surface area contributed by atoms with Crippen molar-refractivity contribution in [3.05, 3.63) is 95.7 Å². The Morgan fingerprint density at radius 1 is 0.800 bits per heavy atom. The molecule has 0 bridgehead atoms.